The molecule has 1 aliphatic carbocycles. The molecule has 2 rings (SSSR count). The maximum Gasteiger partial charge on any atom is 0.186 e. The number of ether oxygens (including phenoxy) is 1. The van der Waals surface area contributed by atoms with Gasteiger partial charge in [0.05, 0.1) is 18.8 Å². The minimum absolute atomic E-state index is 0.0202. The largest absolute Gasteiger partial charge is 0.507 e. The monoisotopic (exact) mass is 346 g/mol. The van der Waals surface area contributed by atoms with E-state index in [1.54, 1.807) is 24.3 Å². The molecule has 0 heterocycles. The number of allylic oxidation sites excluding steroid dienone is 1. The lowest BCUT2D eigenvalue weighted by atomic mass is 9.96. The van der Waals surface area contributed by atoms with Crippen LogP contribution < -0.4 is 4.74 Å². The highest BCUT2D eigenvalue weighted by atomic mass is 16.5. The fourth-order valence-corrected chi connectivity index (χ4v) is 2.63. The maximum atomic E-state index is 12.5. The summed E-state index contributed by atoms with van der Waals surface area (Å²) < 4.78 is 5.11. The van der Waals surface area contributed by atoms with Crippen molar-refractivity contribution in [2.75, 3.05) is 7.11 Å². The zero-order chi connectivity index (χ0) is 18.4. The first-order valence-corrected chi connectivity index (χ1v) is 8.11. The molecule has 0 amide bonds. The van der Waals surface area contributed by atoms with E-state index in [0.717, 1.165) is 0 Å². The number of hydrogen-bond acceptors (Lipinski definition) is 6. The molecule has 1 aromatic carbocycles. The minimum atomic E-state index is -1.50. The summed E-state index contributed by atoms with van der Waals surface area (Å²) in [5, 5.41) is 29.9. The highest BCUT2D eigenvalue weighted by Crippen LogP contribution is 2.30. The van der Waals surface area contributed by atoms with E-state index >= 15 is 0 Å². The Morgan fingerprint density at radius 2 is 1.88 bits per heavy atom. The van der Waals surface area contributed by atoms with Crippen molar-refractivity contribution in [2.45, 2.75) is 37.9 Å². The number of carbonyl (C=O) groups excluding carboxylic acids is 2. The third kappa shape index (κ3) is 4.78. The third-order valence-electron chi connectivity index (χ3n) is 4.02. The Hall–Kier alpha value is -2.44. The fourth-order valence-electron chi connectivity index (χ4n) is 2.63. The van der Waals surface area contributed by atoms with Gasteiger partial charge in [0.2, 0.25) is 0 Å². The molecule has 134 valence electrons. The first-order chi connectivity index (χ1) is 11.9. The Kier molecular flexibility index (Phi) is 6.50. The van der Waals surface area contributed by atoms with Crippen LogP contribution in [0.1, 0.15) is 41.6 Å². The number of ketones is 2. The van der Waals surface area contributed by atoms with Gasteiger partial charge in [-0.1, -0.05) is 18.2 Å². The van der Waals surface area contributed by atoms with Crippen molar-refractivity contribution in [1.82, 2.24) is 0 Å². The van der Waals surface area contributed by atoms with Gasteiger partial charge in [-0.15, -0.1) is 0 Å². The SMILES string of the molecule is COc1cc(O)c2c(c1)/C=C/C[C@H](O)[C@H](O)C(=O)/C=C/CCCC2=O. The molecule has 1 aromatic rings. The first-order valence-electron chi connectivity index (χ1n) is 8.11. The quantitative estimate of drug-likeness (QED) is 0.719. The van der Waals surface area contributed by atoms with Crippen LogP contribution in [0, 0.1) is 0 Å². The standard InChI is InChI=1S/C19H22O6/c1-25-13-10-12-6-5-9-16(22)19(24)15(21)8-4-2-3-7-14(20)18(12)17(23)11-13/h4-6,8,10-11,16,19,22-24H,2-3,7,9H2,1H3/b6-5+,8-4+/t16-,19+/m0/s1. The van der Waals surface area contributed by atoms with Gasteiger partial charge in [-0.3, -0.25) is 9.59 Å². The van der Waals surface area contributed by atoms with E-state index in [2.05, 4.69) is 0 Å². The molecule has 25 heavy (non-hydrogen) atoms. The van der Waals surface area contributed by atoms with Gasteiger partial charge in [0.15, 0.2) is 11.6 Å². The number of carbonyl (C=O) groups is 2. The van der Waals surface area contributed by atoms with Crippen LogP contribution in [0.5, 0.6) is 11.5 Å². The first kappa shape index (κ1) is 18.9. The van der Waals surface area contributed by atoms with Gasteiger partial charge >= 0.3 is 0 Å². The second kappa shape index (κ2) is 8.60. The molecular weight excluding hydrogens is 324 g/mol. The van der Waals surface area contributed by atoms with Crippen LogP contribution in [-0.2, 0) is 4.79 Å². The van der Waals surface area contributed by atoms with Gasteiger partial charge in [-0.05, 0) is 37.0 Å². The predicted octanol–water partition coefficient (Wildman–Crippen LogP) is 2.02. The summed E-state index contributed by atoms with van der Waals surface area (Å²) >= 11 is 0. The van der Waals surface area contributed by atoms with E-state index in [0.29, 0.717) is 24.2 Å². The lowest BCUT2D eigenvalue weighted by Gasteiger charge is -2.14. The van der Waals surface area contributed by atoms with E-state index < -0.39 is 18.0 Å². The van der Waals surface area contributed by atoms with Crippen molar-refractivity contribution in [3.8, 4) is 11.5 Å². The molecule has 0 fully saturated rings. The third-order valence-corrected chi connectivity index (χ3v) is 4.02. The number of phenols is 1. The van der Waals surface area contributed by atoms with Crippen LogP contribution in [0.2, 0.25) is 0 Å². The van der Waals surface area contributed by atoms with Gasteiger partial charge in [0, 0.05) is 12.5 Å². The highest BCUT2D eigenvalue weighted by molar-refractivity contribution is 6.02. The second-order valence-electron chi connectivity index (χ2n) is 5.88. The number of phenolic OH excluding ortho intramolecular Hbond substituents is 1. The predicted molar refractivity (Wildman–Crippen MR) is 92.7 cm³/mol. The van der Waals surface area contributed by atoms with Crippen molar-refractivity contribution in [1.29, 1.82) is 0 Å². The average Bonchev–Trinajstić information content (AvgIpc) is 2.59. The molecule has 0 saturated carbocycles. The van der Waals surface area contributed by atoms with Gasteiger partial charge in [-0.2, -0.15) is 0 Å². The Morgan fingerprint density at radius 3 is 2.60 bits per heavy atom. The normalized spacial score (nSPS) is 24.9. The molecule has 0 saturated heterocycles. The number of Topliss-reactive ketones (excluding diaryl/α,β-unsaturated/α-hetero) is 1. The molecule has 6 heteroatoms. The van der Waals surface area contributed by atoms with Crippen molar-refractivity contribution >= 4 is 17.6 Å². The fraction of sp³-hybridized carbons (Fsp3) is 0.368. The number of aromatic hydroxyl groups is 1. The van der Waals surface area contributed by atoms with Crippen LogP contribution in [0.25, 0.3) is 6.08 Å². The van der Waals surface area contributed by atoms with Crippen molar-refractivity contribution in [3.63, 3.8) is 0 Å². The molecule has 0 aromatic heterocycles. The summed E-state index contributed by atoms with van der Waals surface area (Å²) in [7, 11) is 1.45. The molecular formula is C19H22O6. The Morgan fingerprint density at radius 1 is 1.12 bits per heavy atom. The number of aliphatic hydroxyl groups is 2. The zero-order valence-electron chi connectivity index (χ0n) is 14.0. The lowest BCUT2D eigenvalue weighted by Crippen LogP contribution is -2.32. The zero-order valence-corrected chi connectivity index (χ0v) is 14.0. The van der Waals surface area contributed by atoms with Crippen LogP contribution >= 0.6 is 0 Å². The number of hydrogen-bond donors (Lipinski definition) is 3. The van der Waals surface area contributed by atoms with E-state index in [1.807, 2.05) is 0 Å². The van der Waals surface area contributed by atoms with Crippen molar-refractivity contribution in [2.24, 2.45) is 0 Å². The van der Waals surface area contributed by atoms with Gasteiger partial charge in [0.25, 0.3) is 0 Å². The number of fused-ring (bicyclic) bond motifs is 1. The Balaban J connectivity index is 2.40. The molecule has 0 unspecified atom stereocenters. The van der Waals surface area contributed by atoms with Crippen LogP contribution in [-0.4, -0.2) is 46.2 Å². The molecule has 3 N–H and O–H groups in total. The smallest absolute Gasteiger partial charge is 0.186 e. The summed E-state index contributed by atoms with van der Waals surface area (Å²) in [6, 6.07) is 2.99. The van der Waals surface area contributed by atoms with Crippen LogP contribution in [0.15, 0.2) is 30.4 Å². The van der Waals surface area contributed by atoms with Crippen molar-refractivity contribution < 1.29 is 29.6 Å². The second-order valence-corrected chi connectivity index (χ2v) is 5.88. The number of methoxy groups -OCH3 is 1. The van der Waals surface area contributed by atoms with Crippen molar-refractivity contribution in [3.05, 3.63) is 41.5 Å². The molecule has 6 nitrogen and oxygen atoms in total. The summed E-state index contributed by atoms with van der Waals surface area (Å²) in [5.41, 5.74) is 0.659. The summed E-state index contributed by atoms with van der Waals surface area (Å²) in [6.07, 6.45) is 4.36. The van der Waals surface area contributed by atoms with Crippen LogP contribution in [0.4, 0.5) is 0 Å². The molecule has 0 bridgehead atoms. The Labute approximate surface area is 146 Å². The van der Waals surface area contributed by atoms with E-state index in [4.69, 9.17) is 4.74 Å². The summed E-state index contributed by atoms with van der Waals surface area (Å²) in [6.45, 7) is 0. The highest BCUT2D eigenvalue weighted by Gasteiger charge is 2.22. The van der Waals surface area contributed by atoms with Gasteiger partial charge in [0.1, 0.15) is 17.6 Å². The topological polar surface area (TPSA) is 104 Å². The van der Waals surface area contributed by atoms with E-state index in [9.17, 15) is 24.9 Å². The van der Waals surface area contributed by atoms with Gasteiger partial charge < -0.3 is 20.1 Å². The minimum Gasteiger partial charge on any atom is -0.507 e. The molecule has 0 radical (unpaired) electrons. The van der Waals surface area contributed by atoms with E-state index in [1.165, 1.54) is 19.3 Å². The molecule has 2 atom stereocenters. The number of rotatable bonds is 1. The molecule has 1 aliphatic rings. The summed E-state index contributed by atoms with van der Waals surface area (Å²) in [5.74, 6) is -0.544. The average molecular weight is 346 g/mol. The number of benzene rings is 1. The Bertz CT molecular complexity index is 704. The molecule has 0 aliphatic heterocycles. The maximum absolute atomic E-state index is 12.5. The summed E-state index contributed by atoms with van der Waals surface area (Å²) in [4.78, 5) is 24.2. The van der Waals surface area contributed by atoms with Crippen LogP contribution in [0.3, 0.4) is 0 Å². The van der Waals surface area contributed by atoms with Gasteiger partial charge in [-0.25, -0.2) is 0 Å². The lowest BCUT2D eigenvalue weighted by molar-refractivity contribution is -0.127. The number of aliphatic hydroxyl groups excluding tert-OH is 2. The van der Waals surface area contributed by atoms with E-state index in [-0.39, 0.29) is 29.9 Å². The molecule has 0 spiro atoms.